The van der Waals surface area contributed by atoms with Gasteiger partial charge in [0.25, 0.3) is 0 Å². The quantitative estimate of drug-likeness (QED) is 0.158. The zero-order valence-electron chi connectivity index (χ0n) is 61.8. The van der Waals surface area contributed by atoms with Crippen molar-refractivity contribution in [1.29, 1.82) is 0 Å². The third kappa shape index (κ3) is 13.1. The molecule has 0 bridgehead atoms. The lowest BCUT2D eigenvalue weighted by molar-refractivity contribution is 0.346. The van der Waals surface area contributed by atoms with Gasteiger partial charge in [0, 0.05) is 71.3 Å². The molecule has 0 unspecified atom stereocenters. The second kappa shape index (κ2) is 29.3. The van der Waals surface area contributed by atoms with Crippen molar-refractivity contribution in [3.63, 3.8) is 0 Å². The molecule has 0 atom stereocenters. The number of fused-ring (bicyclic) bond motifs is 12. The molecule has 512 valence electrons. The molecule has 18 aromatic rings. The molecule has 0 amide bonds. The molecule has 14 aromatic carbocycles. The van der Waals surface area contributed by atoms with E-state index in [2.05, 4.69) is 403 Å². The Bertz CT molecular complexity index is 5940. The normalized spacial score (nSPS) is 12.6. The van der Waals surface area contributed by atoms with Gasteiger partial charge >= 0.3 is 0 Å². The van der Waals surface area contributed by atoms with Gasteiger partial charge in [0.15, 0.2) is 0 Å². The van der Waals surface area contributed by atoms with Gasteiger partial charge in [0.2, 0.25) is 0 Å². The van der Waals surface area contributed by atoms with Crippen LogP contribution in [0.5, 0.6) is 0 Å². The van der Waals surface area contributed by atoms with Gasteiger partial charge in [0.1, 0.15) is 0 Å². The lowest BCUT2D eigenvalue weighted by Gasteiger charge is -2.38. The molecule has 4 heteroatoms. The number of aromatic nitrogens is 4. The molecule has 1 aliphatic rings. The van der Waals surface area contributed by atoms with E-state index in [1.807, 2.05) is 0 Å². The van der Waals surface area contributed by atoms with Crippen molar-refractivity contribution in [3.8, 4) is 22.7 Å². The van der Waals surface area contributed by atoms with E-state index in [1.54, 1.807) is 0 Å². The number of benzene rings is 14. The minimum atomic E-state index is 0.250. The minimum absolute atomic E-state index is 0.250. The molecule has 4 nitrogen and oxygen atoms in total. The Kier molecular flexibility index (Phi) is 19.2. The lowest BCUT2D eigenvalue weighted by atomic mass is 9.65. The first-order valence-corrected chi connectivity index (χ1v) is 37.1. The fraction of sp³-hybridized carbons (Fsp3) is 0.160. The number of nitrogens with zero attached hydrogens (tertiary/aromatic N) is 4. The Labute approximate surface area is 613 Å². The van der Waals surface area contributed by atoms with Crippen molar-refractivity contribution in [2.45, 2.75) is 107 Å². The van der Waals surface area contributed by atoms with Crippen LogP contribution in [0, 0.1) is 69.2 Å². The van der Waals surface area contributed by atoms with Gasteiger partial charge in [-0.3, -0.25) is 0 Å². The molecule has 104 heavy (non-hydrogen) atoms. The lowest BCUT2D eigenvalue weighted by Crippen LogP contribution is -2.30. The molecule has 1 saturated carbocycles. The van der Waals surface area contributed by atoms with Crippen molar-refractivity contribution < 1.29 is 0 Å². The number of hydrogen-bond acceptors (Lipinski definition) is 0. The first-order valence-electron chi connectivity index (χ1n) is 37.1. The molecule has 0 spiro atoms. The van der Waals surface area contributed by atoms with Gasteiger partial charge < -0.3 is 18.3 Å². The molecule has 19 rings (SSSR count). The zero-order valence-corrected chi connectivity index (χ0v) is 61.8. The standard InChI is InChI=1S/4C20H17N.C20H24/c1-14-10-12-16(13-11-14)21-19-9-4-3-7-17(19)18-8-5-6-15(2)20(18)21;1-14-10-12-16(13-11-14)21-18-8-4-3-7-17(18)20-15(2)6-5-9-19(20)21;1-14-8-6-12-17-18-13-7-9-15(2)20(18)21(19(14)17)16-10-4-3-5-11-16;1-14-7-10-16(11-8-14)21-19-6-4-3-5-17(19)18-13-15(2)9-12-20(18)21;1-16-6-10-18(11-7-16)20(14-4-3-5-15-20)19-12-8-17(2)9-13-19/h4*3-13H,1-2H3;6-13H,3-5,14-15H2,1-2H3. The van der Waals surface area contributed by atoms with E-state index in [1.165, 1.54) is 209 Å². The fourth-order valence-electron chi connectivity index (χ4n) is 16.3. The Morgan fingerprint density at radius 2 is 0.529 bits per heavy atom. The second-order valence-corrected chi connectivity index (χ2v) is 29.0. The van der Waals surface area contributed by atoms with E-state index in [0.29, 0.717) is 0 Å². The highest BCUT2D eigenvalue weighted by Crippen LogP contribution is 2.46. The molecule has 0 N–H and O–H groups in total. The number of hydrogen-bond donors (Lipinski definition) is 0. The van der Waals surface area contributed by atoms with Crippen LogP contribution in [0.1, 0.15) is 98.9 Å². The summed E-state index contributed by atoms with van der Waals surface area (Å²) in [6, 6.07) is 114. The van der Waals surface area contributed by atoms with Gasteiger partial charge in [-0.25, -0.2) is 0 Å². The summed E-state index contributed by atoms with van der Waals surface area (Å²) in [6.45, 7) is 21.6. The smallest absolute Gasteiger partial charge is 0.0570 e. The zero-order chi connectivity index (χ0) is 71.6. The van der Waals surface area contributed by atoms with Gasteiger partial charge in [0.05, 0.1) is 44.1 Å². The van der Waals surface area contributed by atoms with Gasteiger partial charge in [-0.2, -0.15) is 0 Å². The molecule has 1 fully saturated rings. The van der Waals surface area contributed by atoms with Crippen molar-refractivity contribution in [3.05, 3.63) is 382 Å². The van der Waals surface area contributed by atoms with E-state index in [0.717, 1.165) is 0 Å². The Morgan fingerprint density at radius 3 is 1.02 bits per heavy atom. The summed E-state index contributed by atoms with van der Waals surface area (Å²) in [4.78, 5) is 0. The summed E-state index contributed by atoms with van der Waals surface area (Å²) in [6.07, 6.45) is 6.67. The van der Waals surface area contributed by atoms with Crippen LogP contribution in [-0.2, 0) is 5.41 Å². The van der Waals surface area contributed by atoms with Crippen LogP contribution in [0.25, 0.3) is 110 Å². The van der Waals surface area contributed by atoms with Crippen LogP contribution in [0.4, 0.5) is 0 Å². The van der Waals surface area contributed by atoms with Crippen LogP contribution >= 0.6 is 0 Å². The fourth-order valence-corrected chi connectivity index (χ4v) is 16.3. The van der Waals surface area contributed by atoms with Crippen molar-refractivity contribution in [1.82, 2.24) is 18.3 Å². The van der Waals surface area contributed by atoms with Crippen molar-refractivity contribution in [2.75, 3.05) is 0 Å². The number of para-hydroxylation sites is 7. The Hall–Kier alpha value is -11.7. The summed E-state index contributed by atoms with van der Waals surface area (Å²) >= 11 is 0. The largest absolute Gasteiger partial charge is 0.309 e. The average Bonchev–Trinajstić information content (AvgIpc) is 1.59. The highest BCUT2D eigenvalue weighted by Gasteiger charge is 2.35. The number of aryl methyl sites for hydroxylation is 10. The summed E-state index contributed by atoms with van der Waals surface area (Å²) in [5, 5.41) is 10.6. The SMILES string of the molecule is Cc1ccc(-n2c3ccccc3c3c(C)cccc32)cc1.Cc1ccc(-n2c3ccccc3c3cc(C)ccc32)cc1.Cc1ccc(-n2c3ccccc3c3cccc(C)c32)cc1.Cc1ccc(C2(c3ccc(C)cc3)CCCCC2)cc1.Cc1cccc2c3cccc(C)c3n(-c3ccccc3)c12. The van der Waals surface area contributed by atoms with Crippen LogP contribution in [0.2, 0.25) is 0 Å². The van der Waals surface area contributed by atoms with E-state index in [-0.39, 0.29) is 5.41 Å². The van der Waals surface area contributed by atoms with Crippen LogP contribution in [-0.4, -0.2) is 18.3 Å². The molecule has 0 radical (unpaired) electrons. The topological polar surface area (TPSA) is 19.7 Å². The predicted molar refractivity (Wildman–Crippen MR) is 447 cm³/mol. The summed E-state index contributed by atoms with van der Waals surface area (Å²) in [5.74, 6) is 0. The predicted octanol–water partition coefficient (Wildman–Crippen LogP) is 27.2. The maximum Gasteiger partial charge on any atom is 0.0570 e. The van der Waals surface area contributed by atoms with Gasteiger partial charge in [-0.1, -0.05) is 283 Å². The third-order valence-electron chi connectivity index (χ3n) is 21.6. The first-order chi connectivity index (χ1) is 50.7. The maximum absolute atomic E-state index is 2.40. The highest BCUT2D eigenvalue weighted by molar-refractivity contribution is 6.13. The van der Waals surface area contributed by atoms with Gasteiger partial charge in [-0.15, -0.1) is 0 Å². The minimum Gasteiger partial charge on any atom is -0.309 e. The summed E-state index contributed by atoms with van der Waals surface area (Å²) in [7, 11) is 0. The molecule has 0 saturated heterocycles. The van der Waals surface area contributed by atoms with Crippen molar-refractivity contribution >= 4 is 87.2 Å². The van der Waals surface area contributed by atoms with E-state index < -0.39 is 0 Å². The maximum atomic E-state index is 2.40. The molecular weight excluding hydrogens is 1260 g/mol. The second-order valence-electron chi connectivity index (χ2n) is 29.0. The van der Waals surface area contributed by atoms with E-state index in [9.17, 15) is 0 Å². The van der Waals surface area contributed by atoms with Crippen LogP contribution in [0.3, 0.4) is 0 Å². The number of rotatable bonds is 6. The molecule has 4 aromatic heterocycles. The van der Waals surface area contributed by atoms with Gasteiger partial charge in [-0.05, 0) is 200 Å². The summed E-state index contributed by atoms with van der Waals surface area (Å²) < 4.78 is 9.48. The average molecular weight is 1350 g/mol. The summed E-state index contributed by atoms with van der Waals surface area (Å²) in [5.41, 5.74) is 31.6. The molecule has 1 aliphatic carbocycles. The molecule has 0 aliphatic heterocycles. The van der Waals surface area contributed by atoms with Crippen molar-refractivity contribution in [2.24, 2.45) is 0 Å². The first kappa shape index (κ1) is 68.1. The van der Waals surface area contributed by atoms with E-state index >= 15 is 0 Å². The molecule has 4 heterocycles. The van der Waals surface area contributed by atoms with Crippen LogP contribution < -0.4 is 0 Å². The van der Waals surface area contributed by atoms with Crippen LogP contribution in [0.15, 0.2) is 315 Å². The highest BCUT2D eigenvalue weighted by atomic mass is 15.0. The third-order valence-corrected chi connectivity index (χ3v) is 21.6. The molecular formula is C100H92N4. The monoisotopic (exact) mass is 1350 g/mol. The Morgan fingerprint density at radius 1 is 0.212 bits per heavy atom. The van der Waals surface area contributed by atoms with E-state index in [4.69, 9.17) is 0 Å². The Balaban J connectivity index is 0.000000105.